The normalized spacial score (nSPS) is 9.60. The molecule has 0 saturated carbocycles. The number of rotatable bonds is 4. The molecule has 0 amide bonds. The molecular weight excluding hydrogens is 192 g/mol. The van der Waals surface area contributed by atoms with E-state index in [2.05, 4.69) is 42.9 Å². The number of hydrogen-bond acceptors (Lipinski definition) is 1. The van der Waals surface area contributed by atoms with Crippen molar-refractivity contribution in [2.75, 3.05) is 6.61 Å². The first-order valence-electron chi connectivity index (χ1n) is 3.20. The van der Waals surface area contributed by atoms with E-state index in [1.165, 1.54) is 0 Å². The Bertz CT molecular complexity index is 138. The smallest absolute Gasteiger partial charge is 0.125 e. The van der Waals surface area contributed by atoms with Crippen molar-refractivity contribution in [2.24, 2.45) is 5.92 Å². The highest BCUT2D eigenvalue weighted by Crippen LogP contribution is 2.14. The molecule has 0 saturated heterocycles. The van der Waals surface area contributed by atoms with E-state index >= 15 is 0 Å². The van der Waals surface area contributed by atoms with E-state index in [4.69, 9.17) is 4.74 Å². The maximum Gasteiger partial charge on any atom is 0.125 e. The van der Waals surface area contributed by atoms with Gasteiger partial charge in [-0.15, -0.1) is 0 Å². The molecule has 10 heavy (non-hydrogen) atoms. The van der Waals surface area contributed by atoms with Gasteiger partial charge in [0.1, 0.15) is 5.76 Å². The van der Waals surface area contributed by atoms with E-state index in [0.717, 1.165) is 0 Å². The van der Waals surface area contributed by atoms with Gasteiger partial charge in [-0.1, -0.05) is 27.0 Å². The number of ether oxygens (including phenoxy) is 1. The summed E-state index contributed by atoms with van der Waals surface area (Å²) in [5.41, 5.74) is 0. The summed E-state index contributed by atoms with van der Waals surface area (Å²) < 4.78 is 5.94. The molecule has 0 aliphatic heterocycles. The Balaban J connectivity index is 3.50. The van der Waals surface area contributed by atoms with Crippen LogP contribution in [-0.4, -0.2) is 6.61 Å². The van der Waals surface area contributed by atoms with E-state index in [0.29, 0.717) is 22.8 Å². The zero-order valence-electron chi connectivity index (χ0n) is 6.48. The Morgan fingerprint density at radius 2 is 2.00 bits per heavy atom. The summed E-state index contributed by atoms with van der Waals surface area (Å²) in [6.07, 6.45) is 0. The second kappa shape index (κ2) is 4.56. The lowest BCUT2D eigenvalue weighted by molar-refractivity contribution is 0.190. The first-order valence-corrected chi connectivity index (χ1v) is 3.99. The molecule has 0 aromatic rings. The Kier molecular flexibility index (Phi) is 4.45. The van der Waals surface area contributed by atoms with E-state index in [-0.39, 0.29) is 0 Å². The Morgan fingerprint density at radius 3 is 2.30 bits per heavy atom. The van der Waals surface area contributed by atoms with Crippen LogP contribution in [-0.2, 0) is 4.74 Å². The highest BCUT2D eigenvalue weighted by Gasteiger charge is 1.98. The van der Waals surface area contributed by atoms with Crippen LogP contribution in [0.3, 0.4) is 0 Å². The van der Waals surface area contributed by atoms with Gasteiger partial charge in [-0.05, 0) is 21.8 Å². The average Bonchev–Trinajstić information content (AvgIpc) is 1.82. The standard InChI is InChI=1S/C8H13BrO/c1-6(2)5-10-8(4)7(3)9/h6H,3-5H2,1-2H3. The van der Waals surface area contributed by atoms with E-state index in [1.807, 2.05) is 0 Å². The van der Waals surface area contributed by atoms with Crippen molar-refractivity contribution in [3.8, 4) is 0 Å². The lowest BCUT2D eigenvalue weighted by Gasteiger charge is -2.09. The second-order valence-corrected chi connectivity index (χ2v) is 3.49. The molecule has 0 bridgehead atoms. The van der Waals surface area contributed by atoms with Gasteiger partial charge in [0.25, 0.3) is 0 Å². The number of allylic oxidation sites excluding steroid dienone is 1. The van der Waals surface area contributed by atoms with Crippen LogP contribution in [0.2, 0.25) is 0 Å². The zero-order chi connectivity index (χ0) is 8.15. The van der Waals surface area contributed by atoms with Crippen LogP contribution in [0.1, 0.15) is 13.8 Å². The molecule has 0 unspecified atom stereocenters. The lowest BCUT2D eigenvalue weighted by Crippen LogP contribution is -2.00. The molecule has 1 nitrogen and oxygen atoms in total. The van der Waals surface area contributed by atoms with E-state index in [9.17, 15) is 0 Å². The molecule has 0 radical (unpaired) electrons. The quantitative estimate of drug-likeness (QED) is 0.506. The van der Waals surface area contributed by atoms with Crippen LogP contribution < -0.4 is 0 Å². The largest absolute Gasteiger partial charge is 0.493 e. The Hall–Kier alpha value is -0.240. The predicted octanol–water partition coefficient (Wildman–Crippen LogP) is 3.08. The fraction of sp³-hybridized carbons (Fsp3) is 0.500. The van der Waals surface area contributed by atoms with Gasteiger partial charge >= 0.3 is 0 Å². The highest BCUT2D eigenvalue weighted by molar-refractivity contribution is 9.11. The summed E-state index contributed by atoms with van der Waals surface area (Å²) in [7, 11) is 0. The number of hydrogen-bond donors (Lipinski definition) is 0. The molecule has 0 atom stereocenters. The maximum atomic E-state index is 5.22. The fourth-order valence-corrected chi connectivity index (χ4v) is 0.460. The minimum atomic E-state index is 0.531. The van der Waals surface area contributed by atoms with Gasteiger partial charge in [0.05, 0.1) is 11.1 Å². The molecule has 0 fully saturated rings. The monoisotopic (exact) mass is 204 g/mol. The Morgan fingerprint density at radius 1 is 1.50 bits per heavy atom. The van der Waals surface area contributed by atoms with Gasteiger partial charge < -0.3 is 4.74 Å². The summed E-state index contributed by atoms with van der Waals surface area (Å²) in [4.78, 5) is 0. The van der Waals surface area contributed by atoms with Crippen molar-refractivity contribution >= 4 is 15.9 Å². The topological polar surface area (TPSA) is 9.23 Å². The average molecular weight is 205 g/mol. The summed E-state index contributed by atoms with van der Waals surface area (Å²) in [5, 5.41) is 0. The van der Waals surface area contributed by atoms with Crippen molar-refractivity contribution in [1.29, 1.82) is 0 Å². The summed E-state index contributed by atoms with van der Waals surface area (Å²) in [6.45, 7) is 12.2. The van der Waals surface area contributed by atoms with Crippen molar-refractivity contribution in [1.82, 2.24) is 0 Å². The minimum absolute atomic E-state index is 0.531. The molecule has 58 valence electrons. The Labute approximate surface area is 70.9 Å². The SMILES string of the molecule is C=C(Br)C(=C)OCC(C)C. The van der Waals surface area contributed by atoms with Gasteiger partial charge in [-0.2, -0.15) is 0 Å². The van der Waals surface area contributed by atoms with E-state index in [1.54, 1.807) is 0 Å². The molecule has 0 spiro atoms. The minimum Gasteiger partial charge on any atom is -0.493 e. The second-order valence-electron chi connectivity index (χ2n) is 2.53. The van der Waals surface area contributed by atoms with Crippen molar-refractivity contribution in [3.63, 3.8) is 0 Å². The molecule has 0 aromatic carbocycles. The van der Waals surface area contributed by atoms with Crippen molar-refractivity contribution < 1.29 is 4.74 Å². The summed E-state index contributed by atoms with van der Waals surface area (Å²) in [6, 6.07) is 0. The third kappa shape index (κ3) is 4.62. The maximum absolute atomic E-state index is 5.22. The molecular formula is C8H13BrO. The van der Waals surface area contributed by atoms with Crippen LogP contribution in [0, 0.1) is 5.92 Å². The molecule has 0 aliphatic carbocycles. The van der Waals surface area contributed by atoms with E-state index < -0.39 is 0 Å². The van der Waals surface area contributed by atoms with Gasteiger partial charge in [0.2, 0.25) is 0 Å². The molecule has 0 heterocycles. The third-order valence-corrected chi connectivity index (χ3v) is 1.34. The zero-order valence-corrected chi connectivity index (χ0v) is 8.07. The third-order valence-electron chi connectivity index (χ3n) is 0.893. The predicted molar refractivity (Wildman–Crippen MR) is 48.0 cm³/mol. The van der Waals surface area contributed by atoms with Gasteiger partial charge in [0, 0.05) is 0 Å². The van der Waals surface area contributed by atoms with Crippen LogP contribution in [0.15, 0.2) is 23.4 Å². The molecule has 0 N–H and O–H groups in total. The van der Waals surface area contributed by atoms with Crippen LogP contribution in [0.25, 0.3) is 0 Å². The van der Waals surface area contributed by atoms with Crippen LogP contribution in [0.5, 0.6) is 0 Å². The highest BCUT2D eigenvalue weighted by atomic mass is 79.9. The van der Waals surface area contributed by atoms with Gasteiger partial charge in [-0.3, -0.25) is 0 Å². The summed E-state index contributed by atoms with van der Waals surface area (Å²) >= 11 is 3.17. The van der Waals surface area contributed by atoms with Crippen LogP contribution >= 0.6 is 15.9 Å². The van der Waals surface area contributed by atoms with Gasteiger partial charge in [0.15, 0.2) is 0 Å². The molecule has 0 aliphatic rings. The van der Waals surface area contributed by atoms with Crippen LogP contribution in [0.4, 0.5) is 0 Å². The lowest BCUT2D eigenvalue weighted by atomic mass is 10.2. The molecule has 0 aromatic heterocycles. The number of halogens is 1. The first kappa shape index (κ1) is 9.76. The molecule has 2 heteroatoms. The molecule has 0 rings (SSSR count). The summed E-state index contributed by atoms with van der Waals surface area (Å²) in [5.74, 6) is 1.15. The van der Waals surface area contributed by atoms with Gasteiger partial charge in [-0.25, -0.2) is 0 Å². The van der Waals surface area contributed by atoms with Crippen molar-refractivity contribution in [3.05, 3.63) is 23.4 Å². The van der Waals surface area contributed by atoms with Crippen molar-refractivity contribution in [2.45, 2.75) is 13.8 Å². The fourth-order valence-electron chi connectivity index (χ4n) is 0.346. The first-order chi connectivity index (χ1) is 4.54.